The Morgan fingerprint density at radius 3 is 2.50 bits per heavy atom. The van der Waals surface area contributed by atoms with Crippen LogP contribution in [0.15, 0.2) is 0 Å². The zero-order valence-corrected chi connectivity index (χ0v) is 9.76. The molecular formula is C10H20O3S. The smallest absolute Gasteiger partial charge is 0.152 e. The molecule has 0 radical (unpaired) electrons. The van der Waals surface area contributed by atoms with Gasteiger partial charge in [-0.2, -0.15) is 0 Å². The van der Waals surface area contributed by atoms with Crippen LogP contribution < -0.4 is 0 Å². The predicted octanol–water partition coefficient (Wildman–Crippen LogP) is 1.36. The van der Waals surface area contributed by atoms with Crippen molar-refractivity contribution in [1.29, 1.82) is 0 Å². The molecule has 0 spiro atoms. The van der Waals surface area contributed by atoms with Gasteiger partial charge in [0.1, 0.15) is 0 Å². The summed E-state index contributed by atoms with van der Waals surface area (Å²) >= 11 is 0. The summed E-state index contributed by atoms with van der Waals surface area (Å²) in [5.41, 5.74) is 0. The first-order valence-corrected chi connectivity index (χ1v) is 7.27. The fraction of sp³-hybridized carbons (Fsp3) is 1.00. The fourth-order valence-corrected chi connectivity index (χ4v) is 3.65. The molecule has 1 N–H and O–H groups in total. The van der Waals surface area contributed by atoms with E-state index in [1.807, 2.05) is 0 Å². The van der Waals surface area contributed by atoms with Gasteiger partial charge in [0.25, 0.3) is 0 Å². The summed E-state index contributed by atoms with van der Waals surface area (Å²) in [5, 5.41) is 9.09. The van der Waals surface area contributed by atoms with Crippen molar-refractivity contribution in [3.05, 3.63) is 0 Å². The van der Waals surface area contributed by atoms with Gasteiger partial charge in [-0.15, -0.1) is 0 Å². The summed E-state index contributed by atoms with van der Waals surface area (Å²) in [6.07, 6.45) is 5.03. The molecule has 0 aromatic carbocycles. The van der Waals surface area contributed by atoms with Crippen LogP contribution in [0.25, 0.3) is 0 Å². The highest BCUT2D eigenvalue weighted by Gasteiger charge is 2.35. The largest absolute Gasteiger partial charge is 0.392 e. The molecule has 4 heteroatoms. The SMILES string of the molecule is CCCC1CCC(O)C(S(C)(=O)=O)C1. The molecule has 1 aliphatic carbocycles. The number of aliphatic hydroxyl groups excluding tert-OH is 1. The molecule has 1 saturated carbocycles. The maximum atomic E-state index is 11.4. The topological polar surface area (TPSA) is 54.4 Å². The molecule has 1 aliphatic rings. The molecule has 84 valence electrons. The monoisotopic (exact) mass is 220 g/mol. The lowest BCUT2D eigenvalue weighted by Gasteiger charge is -2.31. The Bertz CT molecular complexity index is 271. The van der Waals surface area contributed by atoms with Crippen LogP contribution >= 0.6 is 0 Å². The first-order chi connectivity index (χ1) is 6.45. The van der Waals surface area contributed by atoms with Crippen LogP contribution in [0.3, 0.4) is 0 Å². The van der Waals surface area contributed by atoms with Gasteiger partial charge in [-0.05, 0) is 25.2 Å². The molecule has 0 saturated heterocycles. The first-order valence-electron chi connectivity index (χ1n) is 5.32. The van der Waals surface area contributed by atoms with Crippen molar-refractivity contribution in [2.45, 2.75) is 50.4 Å². The van der Waals surface area contributed by atoms with Crippen LogP contribution in [-0.2, 0) is 9.84 Å². The molecule has 1 rings (SSSR count). The van der Waals surface area contributed by atoms with Crippen molar-refractivity contribution >= 4 is 9.84 Å². The van der Waals surface area contributed by atoms with Crippen molar-refractivity contribution in [1.82, 2.24) is 0 Å². The summed E-state index contributed by atoms with van der Waals surface area (Å²) in [7, 11) is -3.08. The average molecular weight is 220 g/mol. The fourth-order valence-electron chi connectivity index (χ4n) is 2.33. The Kier molecular flexibility index (Phi) is 3.95. The van der Waals surface area contributed by atoms with Crippen LogP contribution in [0.1, 0.15) is 39.0 Å². The Morgan fingerprint density at radius 1 is 1.36 bits per heavy atom. The van der Waals surface area contributed by atoms with E-state index in [2.05, 4.69) is 6.92 Å². The Morgan fingerprint density at radius 2 is 2.00 bits per heavy atom. The van der Waals surface area contributed by atoms with E-state index >= 15 is 0 Å². The van der Waals surface area contributed by atoms with Crippen molar-refractivity contribution in [2.75, 3.05) is 6.26 Å². The van der Waals surface area contributed by atoms with E-state index in [1.54, 1.807) is 0 Å². The zero-order valence-electron chi connectivity index (χ0n) is 8.94. The zero-order chi connectivity index (χ0) is 10.8. The second kappa shape index (κ2) is 4.62. The Labute approximate surface area is 86.4 Å². The van der Waals surface area contributed by atoms with Gasteiger partial charge in [-0.25, -0.2) is 8.42 Å². The van der Waals surface area contributed by atoms with E-state index in [9.17, 15) is 13.5 Å². The second-order valence-electron chi connectivity index (χ2n) is 4.40. The lowest BCUT2D eigenvalue weighted by atomic mass is 9.84. The molecule has 1 fully saturated rings. The summed E-state index contributed by atoms with van der Waals surface area (Å²) < 4.78 is 22.8. The Hall–Kier alpha value is -0.0900. The highest BCUT2D eigenvalue weighted by molar-refractivity contribution is 7.91. The number of hydrogen-bond acceptors (Lipinski definition) is 3. The molecule has 0 aromatic heterocycles. The normalized spacial score (nSPS) is 34.4. The Balaban J connectivity index is 2.65. The van der Waals surface area contributed by atoms with Gasteiger partial charge in [0.05, 0.1) is 11.4 Å². The van der Waals surface area contributed by atoms with Crippen LogP contribution in [0, 0.1) is 5.92 Å². The quantitative estimate of drug-likeness (QED) is 0.781. The van der Waals surface area contributed by atoms with Gasteiger partial charge in [0.2, 0.25) is 0 Å². The highest BCUT2D eigenvalue weighted by Crippen LogP contribution is 2.31. The standard InChI is InChI=1S/C10H20O3S/c1-3-4-8-5-6-9(11)10(7-8)14(2,12)13/h8-11H,3-7H2,1-2H3. The van der Waals surface area contributed by atoms with E-state index in [4.69, 9.17) is 0 Å². The summed E-state index contributed by atoms with van der Waals surface area (Å²) in [4.78, 5) is 0. The van der Waals surface area contributed by atoms with E-state index in [1.165, 1.54) is 6.26 Å². The number of sulfone groups is 1. The van der Waals surface area contributed by atoms with E-state index in [-0.39, 0.29) is 0 Å². The van der Waals surface area contributed by atoms with Gasteiger partial charge >= 0.3 is 0 Å². The van der Waals surface area contributed by atoms with E-state index in [0.29, 0.717) is 18.8 Å². The minimum atomic E-state index is -3.08. The van der Waals surface area contributed by atoms with E-state index < -0.39 is 21.2 Å². The van der Waals surface area contributed by atoms with E-state index in [0.717, 1.165) is 19.3 Å². The maximum absolute atomic E-state index is 11.4. The van der Waals surface area contributed by atoms with Gasteiger partial charge < -0.3 is 5.11 Å². The van der Waals surface area contributed by atoms with Gasteiger partial charge in [0.15, 0.2) is 9.84 Å². The van der Waals surface area contributed by atoms with Gasteiger partial charge in [-0.1, -0.05) is 19.8 Å². The van der Waals surface area contributed by atoms with Gasteiger partial charge in [0, 0.05) is 6.26 Å². The van der Waals surface area contributed by atoms with Crippen LogP contribution in [0.4, 0.5) is 0 Å². The summed E-state index contributed by atoms with van der Waals surface area (Å²) in [6.45, 7) is 2.11. The molecule has 0 aliphatic heterocycles. The molecule has 0 aromatic rings. The van der Waals surface area contributed by atoms with Crippen molar-refractivity contribution < 1.29 is 13.5 Å². The highest BCUT2D eigenvalue weighted by atomic mass is 32.2. The minimum absolute atomic E-state index is 0.489. The van der Waals surface area contributed by atoms with Crippen molar-refractivity contribution in [3.63, 3.8) is 0 Å². The van der Waals surface area contributed by atoms with Crippen LogP contribution in [0.2, 0.25) is 0 Å². The molecular weight excluding hydrogens is 200 g/mol. The predicted molar refractivity (Wildman–Crippen MR) is 56.9 cm³/mol. The first kappa shape index (κ1) is 12.0. The molecule has 3 atom stereocenters. The molecule has 3 unspecified atom stereocenters. The lowest BCUT2D eigenvalue weighted by Crippen LogP contribution is -2.39. The van der Waals surface area contributed by atoms with Crippen molar-refractivity contribution in [2.24, 2.45) is 5.92 Å². The van der Waals surface area contributed by atoms with Crippen LogP contribution in [-0.4, -0.2) is 31.1 Å². The lowest BCUT2D eigenvalue weighted by molar-refractivity contribution is 0.110. The minimum Gasteiger partial charge on any atom is -0.392 e. The maximum Gasteiger partial charge on any atom is 0.152 e. The third kappa shape index (κ3) is 2.95. The van der Waals surface area contributed by atoms with Gasteiger partial charge in [-0.3, -0.25) is 0 Å². The van der Waals surface area contributed by atoms with Crippen LogP contribution in [0.5, 0.6) is 0 Å². The molecule has 3 nitrogen and oxygen atoms in total. The number of rotatable bonds is 3. The van der Waals surface area contributed by atoms with Crippen molar-refractivity contribution in [3.8, 4) is 0 Å². The molecule has 14 heavy (non-hydrogen) atoms. The summed E-state index contributed by atoms with van der Waals surface area (Å²) in [6, 6.07) is 0. The third-order valence-electron chi connectivity index (χ3n) is 3.11. The molecule has 0 bridgehead atoms. The molecule has 0 amide bonds. The third-order valence-corrected chi connectivity index (χ3v) is 4.72. The molecule has 0 heterocycles. The second-order valence-corrected chi connectivity index (χ2v) is 6.67. The average Bonchev–Trinajstić information content (AvgIpc) is 2.07. The summed E-state index contributed by atoms with van der Waals surface area (Å²) in [5.74, 6) is 0.489. The number of aliphatic hydroxyl groups is 1. The number of hydrogen-bond donors (Lipinski definition) is 1.